The van der Waals surface area contributed by atoms with Crippen molar-refractivity contribution in [1.29, 1.82) is 0 Å². The number of aliphatic hydroxyl groups excluding tert-OH is 1. The third-order valence-electron chi connectivity index (χ3n) is 1.34. The molecule has 1 aromatic carbocycles. The van der Waals surface area contributed by atoms with Crippen LogP contribution in [0.1, 0.15) is 15.9 Å². The maximum Gasteiger partial charge on any atom is 0.252 e. The fourth-order valence-corrected chi connectivity index (χ4v) is 0.909. The van der Waals surface area contributed by atoms with Crippen LogP contribution in [0.5, 0.6) is 0 Å². The molecular weight excluding hydrogens is 164 g/mol. The van der Waals surface area contributed by atoms with Crippen LogP contribution >= 0.6 is 11.6 Å². The van der Waals surface area contributed by atoms with Crippen LogP contribution in [0.2, 0.25) is 0 Å². The summed E-state index contributed by atoms with van der Waals surface area (Å²) >= 11 is 5.21. The minimum absolute atomic E-state index is 0.0714. The SMILES string of the molecule is O=C(Cl)c1cccc(CO)c1. The number of rotatable bonds is 2. The van der Waals surface area contributed by atoms with Crippen LogP contribution in [-0.4, -0.2) is 10.3 Å². The standard InChI is InChI=1S/C8H7ClO2/c9-8(11)7-3-1-2-6(4-7)5-10/h1-4,10H,5H2. The summed E-state index contributed by atoms with van der Waals surface area (Å²) in [6.45, 7) is -0.0714. The Labute approximate surface area is 69.4 Å². The van der Waals surface area contributed by atoms with Crippen LogP contribution in [0.15, 0.2) is 24.3 Å². The molecule has 0 heterocycles. The Balaban J connectivity index is 3.01. The van der Waals surface area contributed by atoms with Crippen molar-refractivity contribution in [3.63, 3.8) is 0 Å². The quantitative estimate of drug-likeness (QED) is 0.684. The van der Waals surface area contributed by atoms with Gasteiger partial charge >= 0.3 is 0 Å². The molecule has 1 N–H and O–H groups in total. The highest BCUT2D eigenvalue weighted by molar-refractivity contribution is 6.67. The van der Waals surface area contributed by atoms with Crippen LogP contribution in [0, 0.1) is 0 Å². The highest BCUT2D eigenvalue weighted by Crippen LogP contribution is 2.07. The molecule has 0 fully saturated rings. The van der Waals surface area contributed by atoms with Crippen LogP contribution in [0.4, 0.5) is 0 Å². The Morgan fingerprint density at radius 3 is 2.82 bits per heavy atom. The average Bonchev–Trinajstić information content (AvgIpc) is 2.05. The summed E-state index contributed by atoms with van der Waals surface area (Å²) in [6.07, 6.45) is 0. The first-order chi connectivity index (χ1) is 5.24. The Morgan fingerprint density at radius 1 is 1.55 bits per heavy atom. The van der Waals surface area contributed by atoms with Crippen LogP contribution in [0.3, 0.4) is 0 Å². The van der Waals surface area contributed by atoms with Gasteiger partial charge in [-0.3, -0.25) is 4.79 Å². The van der Waals surface area contributed by atoms with E-state index in [0.29, 0.717) is 11.1 Å². The molecule has 0 saturated heterocycles. The summed E-state index contributed by atoms with van der Waals surface area (Å²) in [4.78, 5) is 10.6. The zero-order valence-corrected chi connectivity index (χ0v) is 6.51. The van der Waals surface area contributed by atoms with Crippen molar-refractivity contribution >= 4 is 16.8 Å². The van der Waals surface area contributed by atoms with Gasteiger partial charge in [0, 0.05) is 5.56 Å². The van der Waals surface area contributed by atoms with Crippen molar-refractivity contribution in [2.75, 3.05) is 0 Å². The molecule has 0 amide bonds. The van der Waals surface area contributed by atoms with E-state index < -0.39 is 5.24 Å². The third kappa shape index (κ3) is 2.03. The molecule has 0 aliphatic rings. The summed E-state index contributed by atoms with van der Waals surface area (Å²) in [7, 11) is 0. The van der Waals surface area contributed by atoms with Gasteiger partial charge in [0.1, 0.15) is 0 Å². The molecule has 0 aromatic heterocycles. The first-order valence-electron chi connectivity index (χ1n) is 3.13. The second-order valence-electron chi connectivity index (χ2n) is 2.13. The highest BCUT2D eigenvalue weighted by Gasteiger charge is 2.00. The minimum Gasteiger partial charge on any atom is -0.392 e. The van der Waals surface area contributed by atoms with Gasteiger partial charge in [-0.15, -0.1) is 0 Å². The zero-order chi connectivity index (χ0) is 8.27. The summed E-state index contributed by atoms with van der Waals surface area (Å²) in [5, 5.41) is 8.19. The van der Waals surface area contributed by atoms with Gasteiger partial charge < -0.3 is 5.11 Å². The predicted octanol–water partition coefficient (Wildman–Crippen LogP) is 1.56. The summed E-state index contributed by atoms with van der Waals surface area (Å²) in [5.41, 5.74) is 1.11. The number of benzene rings is 1. The van der Waals surface area contributed by atoms with Crippen molar-refractivity contribution in [2.24, 2.45) is 0 Å². The Kier molecular flexibility index (Phi) is 2.63. The number of carbonyl (C=O) groups excluding carboxylic acids is 1. The van der Waals surface area contributed by atoms with E-state index in [0.717, 1.165) is 0 Å². The lowest BCUT2D eigenvalue weighted by Crippen LogP contribution is -1.90. The van der Waals surface area contributed by atoms with Crippen molar-refractivity contribution in [3.05, 3.63) is 35.4 Å². The fraction of sp³-hybridized carbons (Fsp3) is 0.125. The molecule has 3 heteroatoms. The molecule has 0 aliphatic carbocycles. The number of hydrogen-bond acceptors (Lipinski definition) is 2. The number of hydrogen-bond donors (Lipinski definition) is 1. The topological polar surface area (TPSA) is 37.3 Å². The lowest BCUT2D eigenvalue weighted by atomic mass is 10.1. The van der Waals surface area contributed by atoms with Gasteiger partial charge in [0.25, 0.3) is 5.24 Å². The first kappa shape index (κ1) is 8.24. The Bertz CT molecular complexity index is 271. The van der Waals surface area contributed by atoms with E-state index in [4.69, 9.17) is 16.7 Å². The molecule has 1 aromatic rings. The zero-order valence-electron chi connectivity index (χ0n) is 5.75. The van der Waals surface area contributed by atoms with Crippen molar-refractivity contribution in [3.8, 4) is 0 Å². The highest BCUT2D eigenvalue weighted by atomic mass is 35.5. The van der Waals surface area contributed by atoms with E-state index in [2.05, 4.69) is 0 Å². The van der Waals surface area contributed by atoms with E-state index in [9.17, 15) is 4.79 Å². The van der Waals surface area contributed by atoms with Gasteiger partial charge in [-0.05, 0) is 23.2 Å². The second-order valence-corrected chi connectivity index (χ2v) is 2.48. The van der Waals surface area contributed by atoms with Crippen molar-refractivity contribution < 1.29 is 9.90 Å². The molecule has 0 unspecified atom stereocenters. The second kappa shape index (κ2) is 3.51. The molecule has 58 valence electrons. The molecular formula is C8H7ClO2. The van der Waals surface area contributed by atoms with E-state index in [1.165, 1.54) is 0 Å². The predicted molar refractivity (Wildman–Crippen MR) is 42.5 cm³/mol. The maximum atomic E-state index is 10.6. The summed E-state index contributed by atoms with van der Waals surface area (Å²) < 4.78 is 0. The number of carbonyl (C=O) groups is 1. The molecule has 0 radical (unpaired) electrons. The normalized spacial score (nSPS) is 9.64. The van der Waals surface area contributed by atoms with E-state index in [1.807, 2.05) is 0 Å². The number of halogens is 1. The van der Waals surface area contributed by atoms with Gasteiger partial charge in [-0.25, -0.2) is 0 Å². The van der Waals surface area contributed by atoms with Gasteiger partial charge in [0.15, 0.2) is 0 Å². The molecule has 11 heavy (non-hydrogen) atoms. The van der Waals surface area contributed by atoms with Crippen molar-refractivity contribution in [2.45, 2.75) is 6.61 Å². The molecule has 0 spiro atoms. The smallest absolute Gasteiger partial charge is 0.252 e. The number of aliphatic hydroxyl groups is 1. The summed E-state index contributed by atoms with van der Waals surface area (Å²) in [6, 6.07) is 6.58. The van der Waals surface area contributed by atoms with E-state index >= 15 is 0 Å². The van der Waals surface area contributed by atoms with Crippen LogP contribution < -0.4 is 0 Å². The van der Waals surface area contributed by atoms with E-state index in [-0.39, 0.29) is 6.61 Å². The van der Waals surface area contributed by atoms with Gasteiger partial charge in [-0.1, -0.05) is 18.2 Å². The molecule has 2 nitrogen and oxygen atoms in total. The third-order valence-corrected chi connectivity index (χ3v) is 1.55. The van der Waals surface area contributed by atoms with Gasteiger partial charge in [-0.2, -0.15) is 0 Å². The van der Waals surface area contributed by atoms with Crippen LogP contribution in [-0.2, 0) is 6.61 Å². The maximum absolute atomic E-state index is 10.6. The van der Waals surface area contributed by atoms with Crippen LogP contribution in [0.25, 0.3) is 0 Å². The average molecular weight is 171 g/mol. The molecule has 0 bridgehead atoms. The molecule has 1 rings (SSSR count). The van der Waals surface area contributed by atoms with Crippen molar-refractivity contribution in [1.82, 2.24) is 0 Å². The molecule has 0 saturated carbocycles. The Morgan fingerprint density at radius 2 is 2.27 bits per heavy atom. The molecule has 0 atom stereocenters. The largest absolute Gasteiger partial charge is 0.392 e. The lowest BCUT2D eigenvalue weighted by Gasteiger charge is -1.96. The minimum atomic E-state index is -0.500. The van der Waals surface area contributed by atoms with Gasteiger partial charge in [0.05, 0.1) is 6.61 Å². The lowest BCUT2D eigenvalue weighted by molar-refractivity contribution is 0.108. The Hall–Kier alpha value is -0.860. The fourth-order valence-electron chi connectivity index (χ4n) is 0.792. The monoisotopic (exact) mass is 170 g/mol. The van der Waals surface area contributed by atoms with E-state index in [1.54, 1.807) is 24.3 Å². The van der Waals surface area contributed by atoms with Gasteiger partial charge in [0.2, 0.25) is 0 Å². The summed E-state index contributed by atoms with van der Waals surface area (Å²) in [5.74, 6) is 0. The molecule has 0 aliphatic heterocycles. The first-order valence-corrected chi connectivity index (χ1v) is 3.51.